The van der Waals surface area contributed by atoms with E-state index in [0.717, 1.165) is 0 Å². The first-order chi connectivity index (χ1) is 12.3. The third kappa shape index (κ3) is 7.16. The van der Waals surface area contributed by atoms with Crippen molar-refractivity contribution in [2.75, 3.05) is 0 Å². The molecule has 0 aromatic heterocycles. The van der Waals surface area contributed by atoms with E-state index in [1.807, 2.05) is 5.32 Å². The van der Waals surface area contributed by atoms with Crippen LogP contribution in [0, 0.1) is 11.3 Å². The lowest BCUT2D eigenvalue weighted by atomic mass is 10.0. The minimum Gasteiger partial charge on any atom is -0.480 e. The number of nitrogens with zero attached hydrogens (tertiary/aromatic N) is 1. The Labute approximate surface area is 149 Å². The summed E-state index contributed by atoms with van der Waals surface area (Å²) < 4.78 is 76.7. The standard InChI is InChI=1S/C16H14F6N2O3/c17-15(18,19)10-5-9(6-11(8-10)16(20,21)22)7-13(25)24-12(14(26)27)3-1-2-4-23/h5-6,8,12H,1-3,7H2,(H,24,25)(H,26,27)/t12-/m0/s1. The van der Waals surface area contributed by atoms with Crippen LogP contribution in [0.5, 0.6) is 0 Å². The number of nitrogens with one attached hydrogen (secondary N) is 1. The maximum absolute atomic E-state index is 12.8. The lowest BCUT2D eigenvalue weighted by molar-refractivity contribution is -0.143. The molecule has 1 aromatic carbocycles. The van der Waals surface area contributed by atoms with Gasteiger partial charge in [0, 0.05) is 6.42 Å². The SMILES string of the molecule is N#CCCC[C@H](NC(=O)Cc1cc(C(F)(F)F)cc(C(F)(F)F)c1)C(=O)O. The van der Waals surface area contributed by atoms with Crippen LogP contribution in [-0.4, -0.2) is 23.0 Å². The summed E-state index contributed by atoms with van der Waals surface area (Å²) in [7, 11) is 0. The number of benzene rings is 1. The van der Waals surface area contributed by atoms with Gasteiger partial charge in [-0.2, -0.15) is 31.6 Å². The molecule has 1 rings (SSSR count). The summed E-state index contributed by atoms with van der Waals surface area (Å²) in [5.41, 5.74) is -3.69. The van der Waals surface area contributed by atoms with E-state index < -0.39 is 53.4 Å². The van der Waals surface area contributed by atoms with Gasteiger partial charge in [0.1, 0.15) is 6.04 Å². The molecule has 0 saturated heterocycles. The maximum Gasteiger partial charge on any atom is 0.416 e. The predicted molar refractivity (Wildman–Crippen MR) is 79.2 cm³/mol. The molecule has 148 valence electrons. The fourth-order valence-corrected chi connectivity index (χ4v) is 2.19. The Morgan fingerprint density at radius 1 is 1.07 bits per heavy atom. The van der Waals surface area contributed by atoms with E-state index in [9.17, 15) is 35.9 Å². The van der Waals surface area contributed by atoms with Gasteiger partial charge in [0.25, 0.3) is 0 Å². The Kier molecular flexibility index (Phi) is 7.21. The molecule has 0 aliphatic rings. The van der Waals surface area contributed by atoms with Gasteiger partial charge in [-0.05, 0) is 36.6 Å². The van der Waals surface area contributed by atoms with Gasteiger partial charge in [0.2, 0.25) is 5.91 Å². The number of unbranched alkanes of at least 4 members (excludes halogenated alkanes) is 1. The smallest absolute Gasteiger partial charge is 0.416 e. The van der Waals surface area contributed by atoms with Crippen LogP contribution >= 0.6 is 0 Å². The Morgan fingerprint density at radius 3 is 2.00 bits per heavy atom. The number of aliphatic carboxylic acids is 1. The minimum absolute atomic E-state index is 0.0300. The number of amides is 1. The molecule has 1 aromatic rings. The van der Waals surface area contributed by atoms with Gasteiger partial charge < -0.3 is 10.4 Å². The molecule has 0 spiro atoms. The highest BCUT2D eigenvalue weighted by Crippen LogP contribution is 2.36. The zero-order valence-corrected chi connectivity index (χ0v) is 13.6. The number of carboxylic acid groups (broad SMARTS) is 1. The predicted octanol–water partition coefficient (Wildman–Crippen LogP) is 3.53. The molecule has 0 saturated carbocycles. The van der Waals surface area contributed by atoms with E-state index >= 15 is 0 Å². The molecule has 1 atom stereocenters. The van der Waals surface area contributed by atoms with Crippen molar-refractivity contribution in [1.82, 2.24) is 5.32 Å². The van der Waals surface area contributed by atoms with Crippen molar-refractivity contribution >= 4 is 11.9 Å². The number of nitriles is 1. The van der Waals surface area contributed by atoms with Crippen molar-refractivity contribution in [1.29, 1.82) is 5.26 Å². The summed E-state index contributed by atoms with van der Waals surface area (Å²) in [5.74, 6) is -2.48. The summed E-state index contributed by atoms with van der Waals surface area (Å²) in [6, 6.07) is 1.11. The molecular formula is C16H14F6N2O3. The molecule has 0 aliphatic carbocycles. The molecule has 0 unspecified atom stereocenters. The van der Waals surface area contributed by atoms with Gasteiger partial charge in [-0.15, -0.1) is 0 Å². The summed E-state index contributed by atoms with van der Waals surface area (Å²) >= 11 is 0. The van der Waals surface area contributed by atoms with E-state index in [2.05, 4.69) is 0 Å². The summed E-state index contributed by atoms with van der Waals surface area (Å²) in [6.07, 6.45) is -10.9. The van der Waals surface area contributed by atoms with Gasteiger partial charge >= 0.3 is 18.3 Å². The molecule has 1 amide bonds. The molecule has 11 heteroatoms. The molecule has 27 heavy (non-hydrogen) atoms. The van der Waals surface area contributed by atoms with Crippen molar-refractivity contribution < 1.29 is 41.0 Å². The Hall–Kier alpha value is -2.77. The van der Waals surface area contributed by atoms with Crippen LogP contribution in [0.2, 0.25) is 0 Å². The first kappa shape index (κ1) is 22.3. The van der Waals surface area contributed by atoms with Crippen LogP contribution in [-0.2, 0) is 28.4 Å². The molecular weight excluding hydrogens is 382 g/mol. The molecule has 0 aliphatic heterocycles. The molecule has 0 radical (unpaired) electrons. The summed E-state index contributed by atoms with van der Waals surface area (Å²) in [6.45, 7) is 0. The monoisotopic (exact) mass is 396 g/mol. The average molecular weight is 396 g/mol. The fraction of sp³-hybridized carbons (Fsp3) is 0.438. The molecule has 0 bridgehead atoms. The lowest BCUT2D eigenvalue weighted by Gasteiger charge is -2.16. The van der Waals surface area contributed by atoms with Crippen LogP contribution in [0.4, 0.5) is 26.3 Å². The summed E-state index contributed by atoms with van der Waals surface area (Å²) in [4.78, 5) is 22.9. The van der Waals surface area contributed by atoms with Gasteiger partial charge in [-0.3, -0.25) is 4.79 Å². The van der Waals surface area contributed by atoms with Gasteiger partial charge in [0.15, 0.2) is 0 Å². The zero-order valence-electron chi connectivity index (χ0n) is 13.6. The lowest BCUT2D eigenvalue weighted by Crippen LogP contribution is -2.41. The Morgan fingerprint density at radius 2 is 1.59 bits per heavy atom. The number of carboxylic acids is 1. The maximum atomic E-state index is 12.8. The fourth-order valence-electron chi connectivity index (χ4n) is 2.19. The number of halogens is 6. The zero-order chi connectivity index (χ0) is 20.8. The van der Waals surface area contributed by atoms with Crippen molar-refractivity contribution in [3.63, 3.8) is 0 Å². The van der Waals surface area contributed by atoms with Crippen molar-refractivity contribution in [3.8, 4) is 6.07 Å². The Balaban J connectivity index is 3.00. The number of hydrogen-bond donors (Lipinski definition) is 2. The highest BCUT2D eigenvalue weighted by molar-refractivity contribution is 5.84. The minimum atomic E-state index is -5.05. The molecule has 2 N–H and O–H groups in total. The quantitative estimate of drug-likeness (QED) is 0.545. The second kappa shape index (κ2) is 8.75. The van der Waals surface area contributed by atoms with Crippen LogP contribution in [0.25, 0.3) is 0 Å². The third-order valence-electron chi connectivity index (χ3n) is 3.43. The Bertz CT molecular complexity index is 705. The first-order valence-corrected chi connectivity index (χ1v) is 7.52. The van der Waals surface area contributed by atoms with Gasteiger partial charge in [0.05, 0.1) is 23.6 Å². The highest BCUT2D eigenvalue weighted by atomic mass is 19.4. The highest BCUT2D eigenvalue weighted by Gasteiger charge is 2.37. The van der Waals surface area contributed by atoms with Crippen LogP contribution in [0.3, 0.4) is 0 Å². The van der Waals surface area contributed by atoms with Crippen molar-refractivity contribution in [2.24, 2.45) is 0 Å². The number of rotatable bonds is 7. The average Bonchev–Trinajstić information content (AvgIpc) is 2.52. The van der Waals surface area contributed by atoms with E-state index in [1.54, 1.807) is 6.07 Å². The van der Waals surface area contributed by atoms with Crippen molar-refractivity contribution in [2.45, 2.75) is 44.1 Å². The molecule has 0 heterocycles. The second-order valence-corrected chi connectivity index (χ2v) is 5.60. The number of carbonyl (C=O) groups is 2. The van der Waals surface area contributed by atoms with Gasteiger partial charge in [-0.1, -0.05) is 0 Å². The van der Waals surface area contributed by atoms with Crippen LogP contribution in [0.15, 0.2) is 18.2 Å². The van der Waals surface area contributed by atoms with E-state index in [0.29, 0.717) is 12.1 Å². The van der Waals surface area contributed by atoms with Crippen LogP contribution in [0.1, 0.15) is 36.0 Å². The van der Waals surface area contributed by atoms with E-state index in [-0.39, 0.29) is 25.3 Å². The van der Waals surface area contributed by atoms with Gasteiger partial charge in [-0.25, -0.2) is 4.79 Å². The number of hydrogen-bond acceptors (Lipinski definition) is 3. The first-order valence-electron chi connectivity index (χ1n) is 7.52. The third-order valence-corrected chi connectivity index (χ3v) is 3.43. The largest absolute Gasteiger partial charge is 0.480 e. The normalized spacial score (nSPS) is 12.9. The van der Waals surface area contributed by atoms with E-state index in [1.165, 1.54) is 0 Å². The number of alkyl halides is 6. The topological polar surface area (TPSA) is 90.2 Å². The number of carbonyl (C=O) groups excluding carboxylic acids is 1. The van der Waals surface area contributed by atoms with E-state index in [4.69, 9.17) is 10.4 Å². The second-order valence-electron chi connectivity index (χ2n) is 5.60. The molecule has 0 fully saturated rings. The van der Waals surface area contributed by atoms with Crippen LogP contribution < -0.4 is 5.32 Å². The van der Waals surface area contributed by atoms with Crippen molar-refractivity contribution in [3.05, 3.63) is 34.9 Å². The summed E-state index contributed by atoms with van der Waals surface area (Å²) in [5, 5.41) is 19.4. The molecule has 5 nitrogen and oxygen atoms in total.